The molecule has 1 aromatic heterocycles. The van der Waals surface area contributed by atoms with Gasteiger partial charge >= 0.3 is 0 Å². The number of ketones is 2. The van der Waals surface area contributed by atoms with Crippen molar-refractivity contribution < 1.29 is 9.59 Å². The Balaban J connectivity index is 2.01. The van der Waals surface area contributed by atoms with Crippen molar-refractivity contribution in [3.8, 4) is 0 Å². The predicted octanol–water partition coefficient (Wildman–Crippen LogP) is 4.20. The summed E-state index contributed by atoms with van der Waals surface area (Å²) in [5.41, 5.74) is 4.55. The summed E-state index contributed by atoms with van der Waals surface area (Å²) >= 11 is 6.82. The molecule has 0 amide bonds. The van der Waals surface area contributed by atoms with Crippen molar-refractivity contribution in [3.05, 3.63) is 70.0 Å². The summed E-state index contributed by atoms with van der Waals surface area (Å²) in [5.74, 6) is -0.289. The van der Waals surface area contributed by atoms with Crippen LogP contribution in [0.4, 0.5) is 0 Å². The van der Waals surface area contributed by atoms with Gasteiger partial charge in [0.1, 0.15) is 0 Å². The average molecular weight is 446 g/mol. The summed E-state index contributed by atoms with van der Waals surface area (Å²) in [6.45, 7) is 0. The molecule has 0 fully saturated rings. The third-order valence-corrected chi connectivity index (χ3v) is 5.18. The zero-order valence-corrected chi connectivity index (χ0v) is 15.5. The number of hydrogen-bond acceptors (Lipinski definition) is 4. The van der Waals surface area contributed by atoms with Crippen LogP contribution in [0.15, 0.2) is 36.4 Å². The van der Waals surface area contributed by atoms with Crippen molar-refractivity contribution in [2.75, 3.05) is 0 Å². The molecule has 3 aromatic rings. The fourth-order valence-corrected chi connectivity index (χ4v) is 3.83. The minimum Gasteiger partial charge on any atom is -0.289 e. The van der Waals surface area contributed by atoms with Crippen LogP contribution >= 0.6 is 31.9 Å². The van der Waals surface area contributed by atoms with Crippen LogP contribution < -0.4 is 0 Å². The van der Waals surface area contributed by atoms with Gasteiger partial charge in [-0.05, 0) is 12.1 Å². The molecular weight excluding hydrogens is 436 g/mol. The second-order valence-electron chi connectivity index (χ2n) is 5.47. The number of carbonyl (C=O) groups excluding carboxylic acids is 2. The molecule has 1 heterocycles. The van der Waals surface area contributed by atoms with Crippen molar-refractivity contribution >= 4 is 54.5 Å². The maximum atomic E-state index is 12.8. The quantitative estimate of drug-likeness (QED) is 0.434. The maximum absolute atomic E-state index is 12.8. The molecule has 0 saturated carbocycles. The second kappa shape index (κ2) is 5.86. The van der Waals surface area contributed by atoms with E-state index in [0.29, 0.717) is 43.9 Å². The van der Waals surface area contributed by atoms with Crippen LogP contribution in [-0.2, 0) is 10.7 Å². The minimum absolute atomic E-state index is 0.145. The summed E-state index contributed by atoms with van der Waals surface area (Å²) in [5, 5.41) is 1.15. The largest absolute Gasteiger partial charge is 0.289 e. The smallest absolute Gasteiger partial charge is 0.194 e. The number of fused-ring (bicyclic) bond motifs is 3. The standard InChI is InChI=1S/C18H10Br2N2O2/c19-7-15-16(8-20)22-14-6-12-11(5-13(14)21-15)17(23)9-3-1-2-4-10(9)18(12)24/h1-6H,7-8H2. The Hall–Kier alpha value is -1.92. The first-order valence-corrected chi connectivity index (χ1v) is 9.52. The van der Waals surface area contributed by atoms with E-state index in [2.05, 4.69) is 41.8 Å². The molecule has 24 heavy (non-hydrogen) atoms. The molecule has 0 atom stereocenters. The monoisotopic (exact) mass is 444 g/mol. The molecule has 0 unspecified atom stereocenters. The van der Waals surface area contributed by atoms with Crippen molar-refractivity contribution in [1.29, 1.82) is 0 Å². The highest BCUT2D eigenvalue weighted by atomic mass is 79.9. The number of hydrogen-bond donors (Lipinski definition) is 0. The maximum Gasteiger partial charge on any atom is 0.194 e. The van der Waals surface area contributed by atoms with Crippen LogP contribution in [0.3, 0.4) is 0 Å². The molecule has 4 nitrogen and oxygen atoms in total. The Morgan fingerprint density at radius 2 is 1.12 bits per heavy atom. The average Bonchev–Trinajstić information content (AvgIpc) is 2.63. The highest BCUT2D eigenvalue weighted by Crippen LogP contribution is 2.30. The minimum atomic E-state index is -0.145. The van der Waals surface area contributed by atoms with Crippen molar-refractivity contribution in [2.24, 2.45) is 0 Å². The van der Waals surface area contributed by atoms with E-state index in [0.717, 1.165) is 11.4 Å². The van der Waals surface area contributed by atoms with Gasteiger partial charge in [0, 0.05) is 32.9 Å². The van der Waals surface area contributed by atoms with Gasteiger partial charge in [-0.25, -0.2) is 9.97 Å². The number of carbonyl (C=O) groups is 2. The third-order valence-electron chi connectivity index (χ3n) is 4.12. The molecule has 0 aliphatic heterocycles. The van der Waals surface area contributed by atoms with Crippen LogP contribution in [0, 0.1) is 0 Å². The zero-order valence-electron chi connectivity index (χ0n) is 12.3. The molecule has 118 valence electrons. The molecule has 1 aliphatic carbocycles. The molecule has 0 spiro atoms. The van der Waals surface area contributed by atoms with E-state index in [1.165, 1.54) is 0 Å². The normalized spacial score (nSPS) is 13.1. The summed E-state index contributed by atoms with van der Waals surface area (Å²) in [6.07, 6.45) is 0. The Labute approximate surface area is 154 Å². The van der Waals surface area contributed by atoms with E-state index < -0.39 is 0 Å². The van der Waals surface area contributed by atoms with Crippen LogP contribution in [0.2, 0.25) is 0 Å². The lowest BCUT2D eigenvalue weighted by molar-refractivity contribution is 0.0979. The van der Waals surface area contributed by atoms with E-state index >= 15 is 0 Å². The highest BCUT2D eigenvalue weighted by molar-refractivity contribution is 9.09. The Bertz CT molecular complexity index is 949. The first-order chi connectivity index (χ1) is 11.6. The summed E-state index contributed by atoms with van der Waals surface area (Å²) < 4.78 is 0. The molecule has 0 bridgehead atoms. The lowest BCUT2D eigenvalue weighted by atomic mass is 9.84. The lowest BCUT2D eigenvalue weighted by Crippen LogP contribution is -2.21. The number of halogens is 2. The van der Waals surface area contributed by atoms with E-state index in [1.54, 1.807) is 36.4 Å². The third kappa shape index (κ3) is 2.24. The predicted molar refractivity (Wildman–Crippen MR) is 98.1 cm³/mol. The molecule has 0 N–H and O–H groups in total. The number of benzene rings is 2. The van der Waals surface area contributed by atoms with E-state index in [1.807, 2.05) is 0 Å². The van der Waals surface area contributed by atoms with Crippen LogP contribution in [0.5, 0.6) is 0 Å². The number of aromatic nitrogens is 2. The SMILES string of the molecule is O=C1c2ccccc2C(=O)c2cc3nc(CBr)c(CBr)nc3cc21. The Morgan fingerprint density at radius 3 is 1.50 bits per heavy atom. The molecule has 1 aliphatic rings. The van der Waals surface area contributed by atoms with Crippen LogP contribution in [-0.4, -0.2) is 21.5 Å². The highest BCUT2D eigenvalue weighted by Gasteiger charge is 2.30. The van der Waals surface area contributed by atoms with E-state index in [-0.39, 0.29) is 11.6 Å². The Kier molecular flexibility index (Phi) is 3.81. The van der Waals surface area contributed by atoms with Crippen molar-refractivity contribution in [2.45, 2.75) is 10.7 Å². The molecule has 0 radical (unpaired) electrons. The number of rotatable bonds is 2. The molecule has 6 heteroatoms. The Morgan fingerprint density at radius 1 is 0.708 bits per heavy atom. The molecular formula is C18H10Br2N2O2. The van der Waals surface area contributed by atoms with Gasteiger partial charge in [-0.3, -0.25) is 9.59 Å². The fourth-order valence-electron chi connectivity index (χ4n) is 2.93. The van der Waals surface area contributed by atoms with Gasteiger partial charge in [-0.15, -0.1) is 0 Å². The van der Waals surface area contributed by atoms with E-state index in [9.17, 15) is 9.59 Å². The first kappa shape index (κ1) is 15.6. The van der Waals surface area contributed by atoms with E-state index in [4.69, 9.17) is 0 Å². The summed E-state index contributed by atoms with van der Waals surface area (Å²) in [6, 6.07) is 10.3. The van der Waals surface area contributed by atoms with Crippen molar-refractivity contribution in [3.63, 3.8) is 0 Å². The molecule has 0 saturated heterocycles. The fraction of sp³-hybridized carbons (Fsp3) is 0.111. The van der Waals surface area contributed by atoms with Crippen LogP contribution in [0.1, 0.15) is 43.2 Å². The summed E-state index contributed by atoms with van der Waals surface area (Å²) in [7, 11) is 0. The molecule has 2 aromatic carbocycles. The summed E-state index contributed by atoms with van der Waals surface area (Å²) in [4.78, 5) is 34.7. The van der Waals surface area contributed by atoms with Gasteiger partial charge in [0.25, 0.3) is 0 Å². The van der Waals surface area contributed by atoms with Gasteiger partial charge in [0.05, 0.1) is 22.4 Å². The molecule has 4 rings (SSSR count). The van der Waals surface area contributed by atoms with Crippen molar-refractivity contribution in [1.82, 2.24) is 9.97 Å². The van der Waals surface area contributed by atoms with Crippen LogP contribution in [0.25, 0.3) is 11.0 Å². The number of nitrogens with zero attached hydrogens (tertiary/aromatic N) is 2. The second-order valence-corrected chi connectivity index (χ2v) is 6.60. The number of alkyl halides is 2. The van der Waals surface area contributed by atoms with Gasteiger partial charge in [0.15, 0.2) is 11.6 Å². The first-order valence-electron chi connectivity index (χ1n) is 7.28. The zero-order chi connectivity index (χ0) is 16.8. The van der Waals surface area contributed by atoms with Gasteiger partial charge in [0.2, 0.25) is 0 Å². The van der Waals surface area contributed by atoms with Gasteiger partial charge in [-0.1, -0.05) is 56.1 Å². The lowest BCUT2D eigenvalue weighted by Gasteiger charge is -2.18. The van der Waals surface area contributed by atoms with Gasteiger partial charge < -0.3 is 0 Å². The van der Waals surface area contributed by atoms with Gasteiger partial charge in [-0.2, -0.15) is 0 Å². The topological polar surface area (TPSA) is 59.9 Å².